The highest BCUT2D eigenvalue weighted by molar-refractivity contribution is 9.10. The number of ether oxygens (including phenoxy) is 2. The van der Waals surface area contributed by atoms with Gasteiger partial charge in [0.25, 0.3) is 5.56 Å². The fourth-order valence-electron chi connectivity index (χ4n) is 2.80. The van der Waals surface area contributed by atoms with Crippen LogP contribution in [0.4, 0.5) is 0 Å². The van der Waals surface area contributed by atoms with Crippen LogP contribution >= 0.6 is 15.9 Å². The van der Waals surface area contributed by atoms with E-state index in [1.807, 2.05) is 30.3 Å². The molecule has 0 fully saturated rings. The van der Waals surface area contributed by atoms with Gasteiger partial charge < -0.3 is 14.5 Å². The van der Waals surface area contributed by atoms with Gasteiger partial charge in [-0.2, -0.15) is 0 Å². The van der Waals surface area contributed by atoms with Crippen molar-refractivity contribution < 1.29 is 14.3 Å². The summed E-state index contributed by atoms with van der Waals surface area (Å²) in [7, 11) is 1.55. The normalized spacial score (nSPS) is 10.7. The number of H-pyrrole nitrogens is 1. The predicted molar refractivity (Wildman–Crippen MR) is 100 cm³/mol. The molecule has 0 spiro atoms. The number of esters is 1. The molecule has 2 aromatic carbocycles. The Morgan fingerprint density at radius 1 is 1.20 bits per heavy atom. The van der Waals surface area contributed by atoms with Gasteiger partial charge in [-0.05, 0) is 31.2 Å². The van der Waals surface area contributed by atoms with Gasteiger partial charge in [-0.25, -0.2) is 4.79 Å². The fraction of sp³-hybridized carbons (Fsp3) is 0.158. The van der Waals surface area contributed by atoms with Crippen molar-refractivity contribution in [2.75, 3.05) is 13.7 Å². The number of para-hydroxylation sites is 1. The van der Waals surface area contributed by atoms with E-state index in [1.54, 1.807) is 26.2 Å². The van der Waals surface area contributed by atoms with E-state index in [1.165, 1.54) is 0 Å². The Balaban J connectivity index is 2.47. The molecule has 3 rings (SSSR count). The molecule has 1 N–H and O–H groups in total. The average Bonchev–Trinajstić information content (AvgIpc) is 2.60. The molecular formula is C19H16BrNO4. The van der Waals surface area contributed by atoms with E-state index in [0.29, 0.717) is 22.4 Å². The number of hydrogen-bond acceptors (Lipinski definition) is 4. The maximum atomic E-state index is 12.6. The van der Waals surface area contributed by atoms with Crippen molar-refractivity contribution in [1.29, 1.82) is 0 Å². The van der Waals surface area contributed by atoms with E-state index >= 15 is 0 Å². The standard InChI is InChI=1S/C19H16BrNO4/c1-3-25-19(23)17-16(13-10-11(20)8-9-15(13)24-2)12-6-4-5-7-14(12)21-18(17)22/h4-10H,3H2,1-2H3,(H,21,22). The van der Waals surface area contributed by atoms with Gasteiger partial charge in [-0.15, -0.1) is 0 Å². The average molecular weight is 402 g/mol. The van der Waals surface area contributed by atoms with Gasteiger partial charge in [0.05, 0.1) is 13.7 Å². The molecule has 0 radical (unpaired) electrons. The first-order valence-electron chi connectivity index (χ1n) is 7.72. The number of carbonyl (C=O) groups excluding carboxylic acids is 1. The molecule has 0 saturated heterocycles. The van der Waals surface area contributed by atoms with Crippen LogP contribution in [0.2, 0.25) is 0 Å². The van der Waals surface area contributed by atoms with E-state index in [9.17, 15) is 9.59 Å². The number of nitrogens with one attached hydrogen (secondary N) is 1. The van der Waals surface area contributed by atoms with Crippen LogP contribution in [0.5, 0.6) is 5.75 Å². The molecule has 1 heterocycles. The first-order valence-corrected chi connectivity index (χ1v) is 8.52. The van der Waals surface area contributed by atoms with Gasteiger partial charge in [-0.1, -0.05) is 34.1 Å². The second-order valence-corrected chi connectivity index (χ2v) is 6.23. The molecular weight excluding hydrogens is 386 g/mol. The van der Waals surface area contributed by atoms with Crippen LogP contribution in [0.15, 0.2) is 51.7 Å². The number of aromatic nitrogens is 1. The summed E-state index contributed by atoms with van der Waals surface area (Å²) in [6, 6.07) is 12.8. The quantitative estimate of drug-likeness (QED) is 0.666. The van der Waals surface area contributed by atoms with Crippen LogP contribution in [0.3, 0.4) is 0 Å². The van der Waals surface area contributed by atoms with E-state index in [2.05, 4.69) is 20.9 Å². The van der Waals surface area contributed by atoms with Gasteiger partial charge in [0.1, 0.15) is 11.3 Å². The van der Waals surface area contributed by atoms with Gasteiger partial charge in [-0.3, -0.25) is 4.79 Å². The summed E-state index contributed by atoms with van der Waals surface area (Å²) >= 11 is 3.44. The summed E-state index contributed by atoms with van der Waals surface area (Å²) in [5.74, 6) is -0.101. The highest BCUT2D eigenvalue weighted by atomic mass is 79.9. The van der Waals surface area contributed by atoms with E-state index < -0.39 is 11.5 Å². The van der Waals surface area contributed by atoms with Gasteiger partial charge in [0, 0.05) is 26.5 Å². The molecule has 0 aliphatic rings. The number of aromatic amines is 1. The predicted octanol–water partition coefficient (Wildman–Crippen LogP) is 4.14. The van der Waals surface area contributed by atoms with Crippen molar-refractivity contribution in [3.8, 4) is 16.9 Å². The molecule has 0 unspecified atom stereocenters. The van der Waals surface area contributed by atoms with Gasteiger partial charge in [0.15, 0.2) is 0 Å². The molecule has 0 atom stereocenters. The Hall–Kier alpha value is -2.60. The van der Waals surface area contributed by atoms with Crippen molar-refractivity contribution in [3.05, 3.63) is 62.9 Å². The second-order valence-electron chi connectivity index (χ2n) is 5.31. The molecule has 0 amide bonds. The molecule has 5 nitrogen and oxygen atoms in total. The smallest absolute Gasteiger partial charge is 0.344 e. The Morgan fingerprint density at radius 2 is 1.96 bits per heavy atom. The van der Waals surface area contributed by atoms with Crippen molar-refractivity contribution in [1.82, 2.24) is 4.98 Å². The highest BCUT2D eigenvalue weighted by Gasteiger charge is 2.23. The van der Waals surface area contributed by atoms with Crippen LogP contribution in [0.25, 0.3) is 22.0 Å². The van der Waals surface area contributed by atoms with Crippen molar-refractivity contribution in [3.63, 3.8) is 0 Å². The Morgan fingerprint density at radius 3 is 2.68 bits per heavy atom. The number of carbonyl (C=O) groups is 1. The second kappa shape index (κ2) is 7.11. The van der Waals surface area contributed by atoms with Gasteiger partial charge >= 0.3 is 5.97 Å². The summed E-state index contributed by atoms with van der Waals surface area (Å²) in [4.78, 5) is 27.9. The zero-order valence-electron chi connectivity index (χ0n) is 13.8. The van der Waals surface area contributed by atoms with Crippen LogP contribution in [-0.4, -0.2) is 24.7 Å². The Labute approximate surface area is 152 Å². The minimum absolute atomic E-state index is 0.0306. The lowest BCUT2D eigenvalue weighted by molar-refractivity contribution is 0.0525. The largest absolute Gasteiger partial charge is 0.496 e. The maximum absolute atomic E-state index is 12.6. The molecule has 128 valence electrons. The number of fused-ring (bicyclic) bond motifs is 1. The summed E-state index contributed by atoms with van der Waals surface area (Å²) in [5, 5.41) is 0.738. The third-order valence-electron chi connectivity index (χ3n) is 3.83. The van der Waals surface area contributed by atoms with E-state index in [-0.39, 0.29) is 12.2 Å². The van der Waals surface area contributed by atoms with Crippen LogP contribution in [0, 0.1) is 0 Å². The van der Waals surface area contributed by atoms with Gasteiger partial charge in [0.2, 0.25) is 0 Å². The first-order chi connectivity index (χ1) is 12.1. The number of pyridine rings is 1. The molecule has 25 heavy (non-hydrogen) atoms. The summed E-state index contributed by atoms with van der Waals surface area (Å²) in [6.07, 6.45) is 0. The third-order valence-corrected chi connectivity index (χ3v) is 4.33. The van der Waals surface area contributed by atoms with Crippen LogP contribution in [0.1, 0.15) is 17.3 Å². The lowest BCUT2D eigenvalue weighted by atomic mass is 9.95. The number of benzene rings is 2. The molecule has 0 bridgehead atoms. The van der Waals surface area contributed by atoms with Crippen molar-refractivity contribution in [2.24, 2.45) is 0 Å². The van der Waals surface area contributed by atoms with Crippen LogP contribution in [-0.2, 0) is 4.74 Å². The summed E-state index contributed by atoms with van der Waals surface area (Å²) in [6.45, 7) is 1.88. The molecule has 3 aromatic rings. The lowest BCUT2D eigenvalue weighted by Crippen LogP contribution is -2.21. The van der Waals surface area contributed by atoms with Crippen molar-refractivity contribution >= 4 is 32.8 Å². The number of rotatable bonds is 4. The third kappa shape index (κ3) is 3.17. The Kier molecular flexibility index (Phi) is 4.90. The minimum Gasteiger partial charge on any atom is -0.496 e. The zero-order valence-corrected chi connectivity index (χ0v) is 15.3. The van der Waals surface area contributed by atoms with E-state index in [0.717, 1.165) is 9.86 Å². The molecule has 1 aromatic heterocycles. The SMILES string of the molecule is CCOC(=O)c1c(-c2cc(Br)ccc2OC)c2ccccc2[nH]c1=O. The van der Waals surface area contributed by atoms with Crippen molar-refractivity contribution in [2.45, 2.75) is 6.92 Å². The minimum atomic E-state index is -0.661. The topological polar surface area (TPSA) is 68.4 Å². The first kappa shape index (κ1) is 17.2. The number of hydrogen-bond donors (Lipinski definition) is 1. The monoisotopic (exact) mass is 401 g/mol. The van der Waals surface area contributed by atoms with E-state index in [4.69, 9.17) is 9.47 Å². The number of halogens is 1. The molecule has 0 saturated carbocycles. The zero-order chi connectivity index (χ0) is 18.0. The summed E-state index contributed by atoms with van der Waals surface area (Å²) < 4.78 is 11.4. The fourth-order valence-corrected chi connectivity index (χ4v) is 3.16. The maximum Gasteiger partial charge on any atom is 0.344 e. The summed E-state index contributed by atoms with van der Waals surface area (Å²) in [5.41, 5.74) is 1.25. The number of methoxy groups -OCH3 is 1. The molecule has 0 aliphatic heterocycles. The Bertz CT molecular complexity index is 1010. The van der Waals surface area contributed by atoms with Crippen LogP contribution < -0.4 is 10.3 Å². The lowest BCUT2D eigenvalue weighted by Gasteiger charge is -2.15. The highest BCUT2D eigenvalue weighted by Crippen LogP contribution is 2.37. The molecule has 6 heteroatoms. The molecule has 0 aliphatic carbocycles.